The SMILES string of the molecule is Cn1nc(N2CCC(=O)NC2=O)c2ccc(C3CCN(Cc4cc(S(=O)(=O)N5CCC(Nc6ncc(C(F)(F)F)s6)CC5)ccc4F)CC3)cc21. The number of likely N-dealkylation sites (tertiary alicyclic amines) is 1. The molecule has 18 heteroatoms. The zero-order chi connectivity index (χ0) is 36.1. The first-order valence-corrected chi connectivity index (χ1v) is 18.9. The number of amides is 3. The van der Waals surface area contributed by atoms with Gasteiger partial charge < -0.3 is 5.32 Å². The van der Waals surface area contributed by atoms with Crippen molar-refractivity contribution in [2.24, 2.45) is 7.05 Å². The highest BCUT2D eigenvalue weighted by molar-refractivity contribution is 7.89. The van der Waals surface area contributed by atoms with Gasteiger partial charge in [0.2, 0.25) is 15.9 Å². The van der Waals surface area contributed by atoms with Crippen molar-refractivity contribution in [1.29, 1.82) is 0 Å². The largest absolute Gasteiger partial charge is 0.427 e. The first-order valence-electron chi connectivity index (χ1n) is 16.6. The molecule has 5 heterocycles. The van der Waals surface area contributed by atoms with Crippen molar-refractivity contribution in [2.45, 2.75) is 61.7 Å². The Labute approximate surface area is 295 Å². The molecule has 0 radical (unpaired) electrons. The molecule has 2 aromatic heterocycles. The van der Waals surface area contributed by atoms with Crippen LogP contribution in [0.5, 0.6) is 0 Å². The normalized spacial score (nSPS) is 19.2. The van der Waals surface area contributed by atoms with Gasteiger partial charge in [0.25, 0.3) is 0 Å². The van der Waals surface area contributed by atoms with Crippen LogP contribution in [-0.4, -0.2) is 83.1 Å². The second kappa shape index (κ2) is 13.8. The van der Waals surface area contributed by atoms with Crippen molar-refractivity contribution in [2.75, 3.05) is 42.9 Å². The van der Waals surface area contributed by atoms with Gasteiger partial charge in [-0.25, -0.2) is 22.6 Å². The number of fused-ring (bicyclic) bond motifs is 1. The summed E-state index contributed by atoms with van der Waals surface area (Å²) in [6.07, 6.45) is -1.08. The topological polar surface area (TPSA) is 133 Å². The summed E-state index contributed by atoms with van der Waals surface area (Å²) >= 11 is 0.516. The maximum Gasteiger partial charge on any atom is 0.427 e. The number of alkyl halides is 3. The maximum atomic E-state index is 15.0. The fraction of sp³-hybridized carbons (Fsp3) is 0.455. The molecule has 0 bridgehead atoms. The van der Waals surface area contributed by atoms with Crippen molar-refractivity contribution in [3.8, 4) is 0 Å². The summed E-state index contributed by atoms with van der Waals surface area (Å²) in [6.45, 7) is 2.21. The molecule has 3 fully saturated rings. The lowest BCUT2D eigenvalue weighted by molar-refractivity contribution is -0.134. The summed E-state index contributed by atoms with van der Waals surface area (Å²) in [5, 5.41) is 10.8. The monoisotopic (exact) mass is 748 g/mol. The van der Waals surface area contributed by atoms with E-state index in [9.17, 15) is 31.2 Å². The van der Waals surface area contributed by atoms with E-state index >= 15 is 4.39 Å². The Morgan fingerprint density at radius 2 is 1.75 bits per heavy atom. The molecule has 0 saturated carbocycles. The number of piperidine rings is 2. The Bertz CT molecular complexity index is 2070. The van der Waals surface area contributed by atoms with Crippen LogP contribution in [0, 0.1) is 5.82 Å². The fourth-order valence-corrected chi connectivity index (χ4v) is 9.29. The third-order valence-corrected chi connectivity index (χ3v) is 12.7. The quantitative estimate of drug-likeness (QED) is 0.233. The maximum absolute atomic E-state index is 15.0. The molecule has 272 valence electrons. The highest BCUT2D eigenvalue weighted by atomic mass is 32.2. The van der Waals surface area contributed by atoms with E-state index in [2.05, 4.69) is 31.7 Å². The number of aryl methyl sites for hydroxylation is 1. The van der Waals surface area contributed by atoms with E-state index in [1.54, 1.807) is 4.68 Å². The fourth-order valence-electron chi connectivity index (χ4n) is 7.01. The number of hydrogen-bond donors (Lipinski definition) is 2. The third-order valence-electron chi connectivity index (χ3n) is 9.84. The van der Waals surface area contributed by atoms with E-state index in [1.165, 1.54) is 27.4 Å². The van der Waals surface area contributed by atoms with Crippen LogP contribution in [-0.2, 0) is 34.6 Å². The molecule has 0 aliphatic carbocycles. The third kappa shape index (κ3) is 7.31. The van der Waals surface area contributed by atoms with E-state index in [4.69, 9.17) is 0 Å². The van der Waals surface area contributed by atoms with Crippen molar-refractivity contribution in [3.63, 3.8) is 0 Å². The van der Waals surface area contributed by atoms with Crippen LogP contribution in [0.4, 0.5) is 33.3 Å². The first kappa shape index (κ1) is 35.3. The minimum absolute atomic E-state index is 0.00687. The molecule has 3 amide bonds. The second-order valence-electron chi connectivity index (χ2n) is 13.1. The summed E-state index contributed by atoms with van der Waals surface area (Å²) < 4.78 is 84.0. The van der Waals surface area contributed by atoms with Crippen molar-refractivity contribution < 1.29 is 35.6 Å². The van der Waals surface area contributed by atoms with Crippen molar-refractivity contribution in [3.05, 3.63) is 64.4 Å². The van der Waals surface area contributed by atoms with Gasteiger partial charge in [-0.2, -0.15) is 22.6 Å². The highest BCUT2D eigenvalue weighted by Gasteiger charge is 2.35. The summed E-state index contributed by atoms with van der Waals surface area (Å²) in [6, 6.07) is 9.22. The molecule has 7 rings (SSSR count). The number of aromatic nitrogens is 3. The molecular formula is C33H36F4N8O4S2. The van der Waals surface area contributed by atoms with Crippen LogP contribution < -0.4 is 15.5 Å². The molecule has 0 unspecified atom stereocenters. The number of carbonyl (C=O) groups is 2. The Morgan fingerprint density at radius 1 is 1.00 bits per heavy atom. The Balaban J connectivity index is 0.955. The van der Waals surface area contributed by atoms with Gasteiger partial charge in [-0.15, -0.1) is 0 Å². The van der Waals surface area contributed by atoms with Gasteiger partial charge >= 0.3 is 12.2 Å². The van der Waals surface area contributed by atoms with Crippen LogP contribution in [0.2, 0.25) is 0 Å². The number of anilines is 2. The van der Waals surface area contributed by atoms with Crippen LogP contribution in [0.15, 0.2) is 47.5 Å². The number of thiazole rings is 1. The lowest BCUT2D eigenvalue weighted by Gasteiger charge is -2.33. The molecular weight excluding hydrogens is 713 g/mol. The number of nitrogens with one attached hydrogen (secondary N) is 2. The number of benzene rings is 2. The number of hydrogen-bond acceptors (Lipinski definition) is 9. The zero-order valence-corrected chi connectivity index (χ0v) is 29.3. The van der Waals surface area contributed by atoms with Gasteiger partial charge in [0.1, 0.15) is 10.7 Å². The summed E-state index contributed by atoms with van der Waals surface area (Å²) in [5.41, 5.74) is 2.29. The van der Waals surface area contributed by atoms with Gasteiger partial charge in [0.15, 0.2) is 10.9 Å². The molecule has 0 spiro atoms. The standard InChI is InChI=1S/C33H36F4N8O4S2/c1-42-27-17-21(2-4-25(27)30(41-42)45-15-10-29(46)40-32(45)47)20-6-11-43(12-7-20)19-22-16-24(3-5-26(22)34)51(48,49)44-13-8-23(9-14-44)39-31-38-18-28(50-31)33(35,36)37/h2-5,16-18,20,23H,6-15,19H2,1H3,(H,38,39)(H,40,46,47). The predicted octanol–water partition coefficient (Wildman–Crippen LogP) is 5.28. The van der Waals surface area contributed by atoms with Crippen molar-refractivity contribution in [1.82, 2.24) is 29.3 Å². The molecule has 2 N–H and O–H groups in total. The predicted molar refractivity (Wildman–Crippen MR) is 182 cm³/mol. The second-order valence-corrected chi connectivity index (χ2v) is 16.1. The minimum Gasteiger partial charge on any atom is -0.359 e. The number of rotatable bonds is 8. The van der Waals surface area contributed by atoms with E-state index < -0.39 is 32.9 Å². The highest BCUT2D eigenvalue weighted by Crippen LogP contribution is 2.37. The van der Waals surface area contributed by atoms with Crippen LogP contribution in [0.1, 0.15) is 54.0 Å². The van der Waals surface area contributed by atoms with E-state index in [-0.39, 0.29) is 60.5 Å². The lowest BCUT2D eigenvalue weighted by atomic mass is 9.89. The van der Waals surface area contributed by atoms with Gasteiger partial charge in [0, 0.05) is 56.6 Å². The summed E-state index contributed by atoms with van der Waals surface area (Å²) in [4.78, 5) is 30.7. The number of halogens is 4. The average Bonchev–Trinajstić information content (AvgIpc) is 3.70. The smallest absolute Gasteiger partial charge is 0.359 e. The number of carbonyl (C=O) groups excluding carboxylic acids is 2. The van der Waals surface area contributed by atoms with Gasteiger partial charge in [-0.3, -0.25) is 24.6 Å². The van der Waals surface area contributed by atoms with Crippen molar-refractivity contribution >= 4 is 55.2 Å². The molecule has 3 aliphatic heterocycles. The summed E-state index contributed by atoms with van der Waals surface area (Å²) in [7, 11) is -2.10. The Hall–Kier alpha value is -4.13. The number of urea groups is 1. The molecule has 12 nitrogen and oxygen atoms in total. The number of nitrogens with zero attached hydrogens (tertiary/aromatic N) is 6. The zero-order valence-electron chi connectivity index (χ0n) is 27.6. The van der Waals surface area contributed by atoms with E-state index in [1.807, 2.05) is 19.2 Å². The molecule has 0 atom stereocenters. The van der Waals surface area contributed by atoms with Gasteiger partial charge in [-0.1, -0.05) is 17.4 Å². The van der Waals surface area contributed by atoms with Gasteiger partial charge in [-0.05, 0) is 80.6 Å². The molecule has 3 saturated heterocycles. The molecule has 4 aromatic rings. The summed E-state index contributed by atoms with van der Waals surface area (Å²) in [5.74, 6) is -0.0385. The first-order chi connectivity index (χ1) is 24.3. The van der Waals surface area contributed by atoms with Crippen LogP contribution in [0.25, 0.3) is 10.9 Å². The molecule has 2 aromatic carbocycles. The van der Waals surface area contributed by atoms with E-state index in [0.29, 0.717) is 48.6 Å². The minimum atomic E-state index is -4.47. The average molecular weight is 749 g/mol. The lowest BCUT2D eigenvalue weighted by Crippen LogP contribution is -2.49. The Kier molecular flexibility index (Phi) is 9.53. The number of imide groups is 1. The number of sulfonamides is 1. The molecule has 51 heavy (non-hydrogen) atoms. The van der Waals surface area contributed by atoms with Crippen LogP contribution in [0.3, 0.4) is 0 Å². The Morgan fingerprint density at radius 3 is 2.43 bits per heavy atom. The van der Waals surface area contributed by atoms with Gasteiger partial charge in [0.05, 0.1) is 16.6 Å². The molecule has 3 aliphatic rings. The van der Waals surface area contributed by atoms with Crippen LogP contribution >= 0.6 is 11.3 Å². The van der Waals surface area contributed by atoms with E-state index in [0.717, 1.165) is 35.5 Å².